The summed E-state index contributed by atoms with van der Waals surface area (Å²) >= 11 is 0. The van der Waals surface area contributed by atoms with Crippen molar-refractivity contribution in [1.82, 2.24) is 10.2 Å². The van der Waals surface area contributed by atoms with E-state index >= 15 is 0 Å². The maximum absolute atomic E-state index is 13.3. The van der Waals surface area contributed by atoms with E-state index in [0.717, 1.165) is 22.2 Å². The molecule has 0 unspecified atom stereocenters. The van der Waals surface area contributed by atoms with Crippen molar-refractivity contribution in [3.05, 3.63) is 47.9 Å². The fraction of sp³-hybridized carbons (Fsp3) is 0.0714. The van der Waals surface area contributed by atoms with Crippen molar-refractivity contribution in [2.24, 2.45) is 0 Å². The van der Waals surface area contributed by atoms with Crippen LogP contribution in [-0.4, -0.2) is 10.2 Å². The molecular weight excluding hydrogens is 243 g/mol. The summed E-state index contributed by atoms with van der Waals surface area (Å²) in [4.78, 5) is 0. The van der Waals surface area contributed by atoms with Gasteiger partial charge in [-0.2, -0.15) is 5.10 Å². The number of nitrogens with two attached hydrogens (primary N) is 1. The number of benzene rings is 2. The first-order valence-corrected chi connectivity index (χ1v) is 5.89. The SMILES string of the molecule is Cc1ccc(F)cc1Nc1cc2[nH]ncc2cc1N. The number of hydrogen-bond acceptors (Lipinski definition) is 3. The van der Waals surface area contributed by atoms with Crippen molar-refractivity contribution < 1.29 is 4.39 Å². The lowest BCUT2D eigenvalue weighted by atomic mass is 10.1. The molecule has 19 heavy (non-hydrogen) atoms. The van der Waals surface area contributed by atoms with Gasteiger partial charge in [0, 0.05) is 11.1 Å². The van der Waals surface area contributed by atoms with Crippen LogP contribution in [0.1, 0.15) is 5.56 Å². The second kappa shape index (κ2) is 4.28. The zero-order chi connectivity index (χ0) is 13.4. The fourth-order valence-corrected chi connectivity index (χ4v) is 1.99. The van der Waals surface area contributed by atoms with Crippen LogP contribution in [0.25, 0.3) is 10.9 Å². The number of nitrogens with one attached hydrogen (secondary N) is 2. The second-order valence-corrected chi connectivity index (χ2v) is 4.48. The van der Waals surface area contributed by atoms with Gasteiger partial charge in [-0.05, 0) is 36.8 Å². The van der Waals surface area contributed by atoms with E-state index < -0.39 is 0 Å². The molecule has 4 N–H and O–H groups in total. The number of aromatic amines is 1. The molecule has 0 aliphatic rings. The Bertz CT molecular complexity index is 748. The van der Waals surface area contributed by atoms with Gasteiger partial charge in [0.25, 0.3) is 0 Å². The number of fused-ring (bicyclic) bond motifs is 1. The highest BCUT2D eigenvalue weighted by Gasteiger charge is 2.06. The molecule has 3 aromatic rings. The minimum Gasteiger partial charge on any atom is -0.397 e. The van der Waals surface area contributed by atoms with Crippen LogP contribution in [0.3, 0.4) is 0 Å². The maximum atomic E-state index is 13.3. The number of anilines is 3. The van der Waals surface area contributed by atoms with Crippen LogP contribution in [0.2, 0.25) is 0 Å². The average Bonchev–Trinajstić information content (AvgIpc) is 2.81. The average molecular weight is 256 g/mol. The van der Waals surface area contributed by atoms with Crippen LogP contribution >= 0.6 is 0 Å². The fourth-order valence-electron chi connectivity index (χ4n) is 1.99. The van der Waals surface area contributed by atoms with Gasteiger partial charge in [-0.25, -0.2) is 4.39 Å². The van der Waals surface area contributed by atoms with Crippen LogP contribution in [0, 0.1) is 12.7 Å². The van der Waals surface area contributed by atoms with E-state index in [9.17, 15) is 4.39 Å². The Morgan fingerprint density at radius 2 is 2.05 bits per heavy atom. The van der Waals surface area contributed by atoms with E-state index in [1.807, 2.05) is 19.1 Å². The molecule has 1 aromatic heterocycles. The largest absolute Gasteiger partial charge is 0.397 e. The Morgan fingerprint density at radius 3 is 2.89 bits per heavy atom. The Kier molecular flexibility index (Phi) is 2.59. The van der Waals surface area contributed by atoms with Crippen molar-refractivity contribution in [2.75, 3.05) is 11.1 Å². The molecule has 0 spiro atoms. The number of rotatable bonds is 2. The highest BCUT2D eigenvalue weighted by Crippen LogP contribution is 2.29. The predicted octanol–water partition coefficient (Wildman–Crippen LogP) is 3.34. The highest BCUT2D eigenvalue weighted by atomic mass is 19.1. The zero-order valence-electron chi connectivity index (χ0n) is 10.4. The van der Waals surface area contributed by atoms with Crippen molar-refractivity contribution in [1.29, 1.82) is 0 Å². The van der Waals surface area contributed by atoms with Crippen LogP contribution in [-0.2, 0) is 0 Å². The normalized spacial score (nSPS) is 10.8. The third-order valence-corrected chi connectivity index (χ3v) is 3.08. The quantitative estimate of drug-likeness (QED) is 0.616. The van der Waals surface area contributed by atoms with Gasteiger partial charge in [-0.3, -0.25) is 5.10 Å². The van der Waals surface area contributed by atoms with Crippen LogP contribution in [0.4, 0.5) is 21.5 Å². The molecule has 0 bridgehead atoms. The van der Waals surface area contributed by atoms with E-state index in [1.54, 1.807) is 12.3 Å². The van der Waals surface area contributed by atoms with Gasteiger partial charge in [-0.15, -0.1) is 0 Å². The standard InChI is InChI=1S/C14H13FN4/c1-8-2-3-10(15)5-12(8)18-14-6-13-9(4-11(14)16)7-17-19-13/h2-7,18H,16H2,1H3,(H,17,19). The number of hydrogen-bond donors (Lipinski definition) is 3. The van der Waals surface area contributed by atoms with Crippen LogP contribution < -0.4 is 11.1 Å². The minimum absolute atomic E-state index is 0.283. The maximum Gasteiger partial charge on any atom is 0.125 e. The molecule has 2 aromatic carbocycles. The second-order valence-electron chi connectivity index (χ2n) is 4.48. The Morgan fingerprint density at radius 1 is 1.21 bits per heavy atom. The van der Waals surface area contributed by atoms with Gasteiger partial charge in [0.05, 0.1) is 23.1 Å². The lowest BCUT2D eigenvalue weighted by Gasteiger charge is -2.12. The number of nitrogen functional groups attached to an aromatic ring is 1. The van der Waals surface area contributed by atoms with Gasteiger partial charge in [-0.1, -0.05) is 6.07 Å². The first-order chi connectivity index (χ1) is 9.13. The van der Waals surface area contributed by atoms with E-state index in [1.165, 1.54) is 12.1 Å². The van der Waals surface area contributed by atoms with Crippen LogP contribution in [0.5, 0.6) is 0 Å². The number of H-pyrrole nitrogens is 1. The summed E-state index contributed by atoms with van der Waals surface area (Å²) in [7, 11) is 0. The zero-order valence-corrected chi connectivity index (χ0v) is 10.4. The molecule has 96 valence electrons. The Hall–Kier alpha value is -2.56. The lowest BCUT2D eigenvalue weighted by molar-refractivity contribution is 0.628. The first kappa shape index (κ1) is 11.5. The highest BCUT2D eigenvalue weighted by molar-refractivity contribution is 5.90. The summed E-state index contributed by atoms with van der Waals surface area (Å²) < 4.78 is 13.3. The molecule has 1 heterocycles. The number of aryl methyl sites for hydroxylation is 1. The molecule has 0 aliphatic carbocycles. The summed E-state index contributed by atoms with van der Waals surface area (Å²) in [5.74, 6) is -0.283. The smallest absolute Gasteiger partial charge is 0.125 e. The Labute approximate surface area is 109 Å². The van der Waals surface area contributed by atoms with Crippen molar-refractivity contribution >= 4 is 28.0 Å². The number of halogens is 1. The molecule has 0 radical (unpaired) electrons. The van der Waals surface area contributed by atoms with Crippen molar-refractivity contribution in [3.8, 4) is 0 Å². The number of aromatic nitrogens is 2. The molecule has 0 amide bonds. The molecule has 0 atom stereocenters. The lowest BCUT2D eigenvalue weighted by Crippen LogP contribution is -1.98. The molecular formula is C14H13FN4. The van der Waals surface area contributed by atoms with Gasteiger partial charge in [0.15, 0.2) is 0 Å². The third-order valence-electron chi connectivity index (χ3n) is 3.08. The Balaban J connectivity index is 2.04. The van der Waals surface area contributed by atoms with E-state index in [0.29, 0.717) is 11.4 Å². The molecule has 0 aliphatic heterocycles. The molecule has 4 nitrogen and oxygen atoms in total. The van der Waals surface area contributed by atoms with Gasteiger partial charge in [0.2, 0.25) is 0 Å². The third kappa shape index (κ3) is 2.10. The molecule has 0 saturated heterocycles. The topological polar surface area (TPSA) is 66.7 Å². The van der Waals surface area contributed by atoms with Gasteiger partial charge < -0.3 is 11.1 Å². The van der Waals surface area contributed by atoms with Gasteiger partial charge >= 0.3 is 0 Å². The van der Waals surface area contributed by atoms with E-state index in [2.05, 4.69) is 15.5 Å². The number of nitrogens with zero attached hydrogens (tertiary/aromatic N) is 1. The summed E-state index contributed by atoms with van der Waals surface area (Å²) in [6.07, 6.45) is 1.71. The molecule has 5 heteroatoms. The van der Waals surface area contributed by atoms with E-state index in [4.69, 9.17) is 5.73 Å². The first-order valence-electron chi connectivity index (χ1n) is 5.89. The minimum atomic E-state index is -0.283. The van der Waals surface area contributed by atoms with Crippen LogP contribution in [0.15, 0.2) is 36.5 Å². The monoisotopic (exact) mass is 256 g/mol. The predicted molar refractivity (Wildman–Crippen MR) is 74.9 cm³/mol. The molecule has 0 fully saturated rings. The summed E-state index contributed by atoms with van der Waals surface area (Å²) in [6.45, 7) is 1.91. The summed E-state index contributed by atoms with van der Waals surface area (Å²) in [6, 6.07) is 8.30. The molecule has 0 saturated carbocycles. The van der Waals surface area contributed by atoms with E-state index in [-0.39, 0.29) is 5.82 Å². The van der Waals surface area contributed by atoms with Crippen molar-refractivity contribution in [2.45, 2.75) is 6.92 Å². The summed E-state index contributed by atoms with van der Waals surface area (Å²) in [5, 5.41) is 10.9. The molecule has 3 rings (SSSR count). The summed E-state index contributed by atoms with van der Waals surface area (Å²) in [5.41, 5.74) is 9.84. The van der Waals surface area contributed by atoms with Crippen molar-refractivity contribution in [3.63, 3.8) is 0 Å². The van der Waals surface area contributed by atoms with Gasteiger partial charge in [0.1, 0.15) is 5.82 Å².